The van der Waals surface area contributed by atoms with Crippen molar-refractivity contribution in [2.45, 2.75) is 31.7 Å². The largest absolute Gasteiger partial charge is 0.480 e. The van der Waals surface area contributed by atoms with Gasteiger partial charge in [-0.25, -0.2) is 9.59 Å². The number of carboxylic acids is 1. The molecule has 6 heteroatoms. The third-order valence-electron chi connectivity index (χ3n) is 7.04. The number of ether oxygens (including phenoxy) is 1. The van der Waals surface area contributed by atoms with Crippen molar-refractivity contribution < 1.29 is 23.9 Å². The summed E-state index contributed by atoms with van der Waals surface area (Å²) in [5.41, 5.74) is 3.89. The minimum Gasteiger partial charge on any atom is -0.480 e. The molecule has 172 valence electrons. The number of quaternary nitrogens is 1. The second kappa shape index (κ2) is 8.92. The summed E-state index contributed by atoms with van der Waals surface area (Å²) in [7, 11) is 4.15. The Morgan fingerprint density at radius 1 is 1.15 bits per heavy atom. The number of carboxylic acid groups (broad SMARTS) is 1. The van der Waals surface area contributed by atoms with E-state index in [-0.39, 0.29) is 12.5 Å². The highest BCUT2D eigenvalue weighted by Crippen LogP contribution is 2.44. The molecule has 2 N–H and O–H groups in total. The van der Waals surface area contributed by atoms with Crippen LogP contribution >= 0.6 is 0 Å². The monoisotopic (exact) mass is 447 g/mol. The van der Waals surface area contributed by atoms with E-state index in [1.54, 1.807) is 6.92 Å². The molecule has 2 aromatic carbocycles. The van der Waals surface area contributed by atoms with Crippen molar-refractivity contribution in [2.24, 2.45) is 5.41 Å². The number of alkyl carbamates (subject to hydrolysis) is 1. The van der Waals surface area contributed by atoms with Crippen molar-refractivity contribution in [3.8, 4) is 23.0 Å². The lowest BCUT2D eigenvalue weighted by molar-refractivity contribution is -0.881. The Morgan fingerprint density at radius 2 is 1.76 bits per heavy atom. The van der Waals surface area contributed by atoms with Crippen molar-refractivity contribution >= 4 is 12.1 Å². The van der Waals surface area contributed by atoms with Crippen LogP contribution < -0.4 is 5.32 Å². The number of benzene rings is 2. The Hall–Kier alpha value is -3.30. The number of likely N-dealkylation sites (tertiary alicyclic amines) is 1. The quantitative estimate of drug-likeness (QED) is 0.521. The molecule has 2 atom stereocenters. The molecule has 1 fully saturated rings. The van der Waals surface area contributed by atoms with Gasteiger partial charge in [0, 0.05) is 18.8 Å². The minimum absolute atomic E-state index is 0.0755. The first-order chi connectivity index (χ1) is 15.8. The van der Waals surface area contributed by atoms with E-state index >= 15 is 0 Å². The number of nitrogens with zero attached hydrogens (tertiary/aromatic N) is 1. The first-order valence-corrected chi connectivity index (χ1v) is 11.3. The second-order valence-electron chi connectivity index (χ2n) is 9.77. The van der Waals surface area contributed by atoms with Crippen molar-refractivity contribution in [1.29, 1.82) is 0 Å². The van der Waals surface area contributed by atoms with Gasteiger partial charge < -0.3 is 19.6 Å². The summed E-state index contributed by atoms with van der Waals surface area (Å²) in [5.74, 6) is 4.81. The molecule has 4 rings (SSSR count). The van der Waals surface area contributed by atoms with Crippen LogP contribution in [0.4, 0.5) is 4.79 Å². The predicted molar refractivity (Wildman–Crippen MR) is 127 cm³/mol. The molecule has 2 aliphatic rings. The lowest BCUT2D eigenvalue weighted by Gasteiger charge is -2.34. The first-order valence-electron chi connectivity index (χ1n) is 11.3. The van der Waals surface area contributed by atoms with Gasteiger partial charge in [-0.2, -0.15) is 0 Å². The van der Waals surface area contributed by atoms with Gasteiger partial charge in [-0.1, -0.05) is 48.5 Å². The lowest BCUT2D eigenvalue weighted by atomic mass is 9.76. The van der Waals surface area contributed by atoms with Gasteiger partial charge in [0.05, 0.1) is 32.6 Å². The molecular weight excluding hydrogens is 416 g/mol. The maximum Gasteiger partial charge on any atom is 0.407 e. The minimum atomic E-state index is -1.06. The van der Waals surface area contributed by atoms with Crippen LogP contribution in [0, 0.1) is 17.3 Å². The SMILES string of the molecule is CC#CC[C@@]1([C@@H](NC(=O)OCC2c3ccccc3-c3ccccc32)C(=O)O)CC[N+](C)(C)C1. The molecule has 1 saturated heterocycles. The van der Waals surface area contributed by atoms with Gasteiger partial charge in [-0.15, -0.1) is 11.8 Å². The van der Waals surface area contributed by atoms with Crippen molar-refractivity contribution in [1.82, 2.24) is 5.32 Å². The van der Waals surface area contributed by atoms with Crippen molar-refractivity contribution in [3.05, 3.63) is 59.7 Å². The van der Waals surface area contributed by atoms with E-state index in [0.29, 0.717) is 23.9 Å². The fourth-order valence-electron chi connectivity index (χ4n) is 5.52. The topological polar surface area (TPSA) is 75.6 Å². The Labute approximate surface area is 195 Å². The van der Waals surface area contributed by atoms with E-state index < -0.39 is 23.5 Å². The van der Waals surface area contributed by atoms with Gasteiger partial charge in [-0.05, 0) is 29.2 Å². The van der Waals surface area contributed by atoms with E-state index in [1.165, 1.54) is 0 Å². The number of amides is 1. The molecule has 0 spiro atoms. The molecule has 0 unspecified atom stereocenters. The molecule has 1 aliphatic carbocycles. The van der Waals surface area contributed by atoms with Gasteiger partial charge in [-0.3, -0.25) is 0 Å². The molecule has 1 aliphatic heterocycles. The zero-order valence-corrected chi connectivity index (χ0v) is 19.4. The highest BCUT2D eigenvalue weighted by molar-refractivity contribution is 5.82. The number of fused-ring (bicyclic) bond motifs is 3. The van der Waals surface area contributed by atoms with E-state index in [9.17, 15) is 14.7 Å². The van der Waals surface area contributed by atoms with Gasteiger partial charge in [0.1, 0.15) is 12.6 Å². The molecule has 1 heterocycles. The Bertz CT molecular complexity index is 1080. The molecule has 0 bridgehead atoms. The lowest BCUT2D eigenvalue weighted by Crippen LogP contribution is -2.55. The van der Waals surface area contributed by atoms with E-state index in [0.717, 1.165) is 28.8 Å². The number of hydrogen-bond acceptors (Lipinski definition) is 3. The van der Waals surface area contributed by atoms with E-state index in [2.05, 4.69) is 55.5 Å². The second-order valence-corrected chi connectivity index (χ2v) is 9.77. The number of hydrogen-bond donors (Lipinski definition) is 2. The Balaban J connectivity index is 1.50. The summed E-state index contributed by atoms with van der Waals surface area (Å²) < 4.78 is 6.32. The van der Waals surface area contributed by atoms with Gasteiger partial charge in [0.25, 0.3) is 0 Å². The molecule has 0 aromatic heterocycles. The Kier molecular flexibility index (Phi) is 6.18. The highest BCUT2D eigenvalue weighted by atomic mass is 16.5. The fraction of sp³-hybridized carbons (Fsp3) is 0.407. The molecular formula is C27H31N2O4+. The third kappa shape index (κ3) is 4.46. The van der Waals surface area contributed by atoms with Crippen LogP contribution in [0.5, 0.6) is 0 Å². The van der Waals surface area contributed by atoms with Crippen LogP contribution in [0.3, 0.4) is 0 Å². The summed E-state index contributed by atoms with van der Waals surface area (Å²) >= 11 is 0. The summed E-state index contributed by atoms with van der Waals surface area (Å²) in [4.78, 5) is 25.1. The smallest absolute Gasteiger partial charge is 0.407 e. The van der Waals surface area contributed by atoms with Crippen molar-refractivity contribution in [2.75, 3.05) is 33.8 Å². The first kappa shape index (κ1) is 22.9. The molecule has 1 amide bonds. The molecule has 0 saturated carbocycles. The van der Waals surface area contributed by atoms with Crippen LogP contribution in [0.25, 0.3) is 11.1 Å². The normalized spacial score (nSPS) is 21.3. The summed E-state index contributed by atoms with van der Waals surface area (Å²) in [6, 6.07) is 15.2. The van der Waals surface area contributed by atoms with Gasteiger partial charge in [0.15, 0.2) is 0 Å². The highest BCUT2D eigenvalue weighted by Gasteiger charge is 2.53. The van der Waals surface area contributed by atoms with Gasteiger partial charge >= 0.3 is 12.1 Å². The van der Waals surface area contributed by atoms with Crippen LogP contribution in [0.2, 0.25) is 0 Å². The fourth-order valence-corrected chi connectivity index (χ4v) is 5.52. The summed E-state index contributed by atoms with van der Waals surface area (Å²) in [5, 5.41) is 12.7. The molecule has 2 aromatic rings. The number of aliphatic carboxylic acids is 1. The number of nitrogens with one attached hydrogen (secondary N) is 1. The number of carbonyl (C=O) groups excluding carboxylic acids is 1. The van der Waals surface area contributed by atoms with Crippen LogP contribution in [0.15, 0.2) is 48.5 Å². The summed E-state index contributed by atoms with van der Waals surface area (Å²) in [6.45, 7) is 3.36. The summed E-state index contributed by atoms with van der Waals surface area (Å²) in [6.07, 6.45) is 0.395. The number of rotatable bonds is 6. The van der Waals surface area contributed by atoms with E-state index in [1.807, 2.05) is 24.3 Å². The standard InChI is InChI=1S/C27H30N2O4/c1-4-5-14-27(15-16-29(2,3)18-27)24(25(30)31)28-26(32)33-17-23-21-12-8-6-10-19(21)20-11-7-9-13-22(20)23/h6-13,23-24H,14-18H2,1-3H3,(H-,28,30,31,32)/p+1/t24-,27+/m0/s1. The van der Waals surface area contributed by atoms with Crippen LogP contribution in [-0.2, 0) is 9.53 Å². The number of carbonyl (C=O) groups is 2. The van der Waals surface area contributed by atoms with Crippen LogP contribution in [0.1, 0.15) is 36.8 Å². The third-order valence-corrected chi connectivity index (χ3v) is 7.04. The zero-order valence-electron chi connectivity index (χ0n) is 19.4. The van der Waals surface area contributed by atoms with E-state index in [4.69, 9.17) is 4.74 Å². The molecule has 33 heavy (non-hydrogen) atoms. The van der Waals surface area contributed by atoms with Crippen molar-refractivity contribution in [3.63, 3.8) is 0 Å². The molecule has 0 radical (unpaired) electrons. The maximum atomic E-state index is 12.8. The Morgan fingerprint density at radius 3 is 2.27 bits per heavy atom. The zero-order chi connectivity index (χ0) is 23.6. The predicted octanol–water partition coefficient (Wildman–Crippen LogP) is 3.86. The average molecular weight is 448 g/mol. The van der Waals surface area contributed by atoms with Crippen LogP contribution in [-0.4, -0.2) is 61.5 Å². The average Bonchev–Trinajstić information content (AvgIpc) is 3.29. The molecule has 6 nitrogen and oxygen atoms in total. The maximum absolute atomic E-state index is 12.8. The van der Waals surface area contributed by atoms with Gasteiger partial charge in [0.2, 0.25) is 0 Å².